The highest BCUT2D eigenvalue weighted by Gasteiger charge is 2.25. The number of fused-ring (bicyclic) bond motifs is 1. The Morgan fingerprint density at radius 2 is 2.13 bits per heavy atom. The molecule has 0 saturated heterocycles. The summed E-state index contributed by atoms with van der Waals surface area (Å²) in [5.41, 5.74) is 2.05. The lowest BCUT2D eigenvalue weighted by molar-refractivity contribution is 0.0461. The largest absolute Gasteiger partial charge is 0.497 e. The number of amides is 1. The number of hydrogen-bond acceptors (Lipinski definition) is 3. The highest BCUT2D eigenvalue weighted by molar-refractivity contribution is 5.92. The Morgan fingerprint density at radius 1 is 1.30 bits per heavy atom. The number of aromatic nitrogens is 2. The van der Waals surface area contributed by atoms with Crippen molar-refractivity contribution in [1.29, 1.82) is 0 Å². The molecule has 5 nitrogen and oxygen atoms in total. The minimum Gasteiger partial charge on any atom is -0.497 e. The first-order valence-corrected chi connectivity index (χ1v) is 7.37. The molecule has 1 aromatic carbocycles. The lowest BCUT2D eigenvalue weighted by atomic mass is 10.0. The van der Waals surface area contributed by atoms with Crippen LogP contribution in [-0.4, -0.2) is 34.2 Å². The van der Waals surface area contributed by atoms with Crippen molar-refractivity contribution in [3.8, 4) is 5.75 Å². The van der Waals surface area contributed by atoms with Crippen molar-refractivity contribution in [2.75, 3.05) is 13.7 Å². The summed E-state index contributed by atoms with van der Waals surface area (Å²) < 4.78 is 31.5. The van der Waals surface area contributed by atoms with Crippen molar-refractivity contribution >= 4 is 5.91 Å². The Morgan fingerprint density at radius 3 is 2.87 bits per heavy atom. The van der Waals surface area contributed by atoms with Crippen LogP contribution in [0.4, 0.5) is 8.78 Å². The SMILES string of the molecule is COc1ccc2c(c1)CCCN(C(=O)c1ccnn1C(F)F)C2. The van der Waals surface area contributed by atoms with Gasteiger partial charge < -0.3 is 9.64 Å². The third-order valence-electron chi connectivity index (χ3n) is 4.01. The number of rotatable bonds is 3. The van der Waals surface area contributed by atoms with Crippen LogP contribution in [0.15, 0.2) is 30.5 Å². The fourth-order valence-corrected chi connectivity index (χ4v) is 2.84. The molecular formula is C16H17F2N3O2. The van der Waals surface area contributed by atoms with Gasteiger partial charge in [-0.05, 0) is 42.2 Å². The Hall–Kier alpha value is -2.44. The molecule has 1 aromatic heterocycles. The molecule has 2 aromatic rings. The van der Waals surface area contributed by atoms with Crippen LogP contribution in [0.25, 0.3) is 0 Å². The molecule has 3 rings (SSSR count). The van der Waals surface area contributed by atoms with Crippen molar-refractivity contribution in [3.05, 3.63) is 47.3 Å². The molecular weight excluding hydrogens is 304 g/mol. The summed E-state index contributed by atoms with van der Waals surface area (Å²) in [7, 11) is 1.61. The molecule has 1 amide bonds. The summed E-state index contributed by atoms with van der Waals surface area (Å²) in [6, 6.07) is 7.06. The van der Waals surface area contributed by atoms with Crippen molar-refractivity contribution < 1.29 is 18.3 Å². The molecule has 0 aliphatic carbocycles. The number of methoxy groups -OCH3 is 1. The van der Waals surface area contributed by atoms with Crippen LogP contribution in [0.3, 0.4) is 0 Å². The summed E-state index contributed by atoms with van der Waals surface area (Å²) in [6.45, 7) is -1.91. The van der Waals surface area contributed by atoms with Crippen LogP contribution in [0.5, 0.6) is 5.75 Å². The normalized spacial score (nSPS) is 14.5. The van der Waals surface area contributed by atoms with Gasteiger partial charge in [-0.25, -0.2) is 0 Å². The van der Waals surface area contributed by atoms with Gasteiger partial charge in [0.15, 0.2) is 0 Å². The third-order valence-corrected chi connectivity index (χ3v) is 4.01. The molecule has 0 saturated carbocycles. The molecule has 122 valence electrons. The van der Waals surface area contributed by atoms with E-state index in [0.717, 1.165) is 29.7 Å². The van der Waals surface area contributed by atoms with Gasteiger partial charge in [0.2, 0.25) is 0 Å². The van der Waals surface area contributed by atoms with Gasteiger partial charge in [0, 0.05) is 19.3 Å². The smallest absolute Gasteiger partial charge is 0.333 e. The fraction of sp³-hybridized carbons (Fsp3) is 0.375. The number of halogens is 2. The monoisotopic (exact) mass is 321 g/mol. The topological polar surface area (TPSA) is 47.4 Å². The number of aryl methyl sites for hydroxylation is 1. The Kier molecular flexibility index (Phi) is 4.27. The lowest BCUT2D eigenvalue weighted by Gasteiger charge is -2.21. The second-order valence-electron chi connectivity index (χ2n) is 5.40. The fourth-order valence-electron chi connectivity index (χ4n) is 2.84. The third kappa shape index (κ3) is 3.04. The quantitative estimate of drug-likeness (QED) is 0.873. The van der Waals surface area contributed by atoms with E-state index >= 15 is 0 Å². The van der Waals surface area contributed by atoms with Crippen LogP contribution in [0.1, 0.15) is 34.6 Å². The zero-order valence-corrected chi connectivity index (χ0v) is 12.7. The standard InChI is InChI=1S/C16H17F2N3O2/c1-23-13-5-4-12-10-20(8-2-3-11(12)9-13)15(22)14-6-7-19-21(14)16(17)18/h4-7,9,16H,2-3,8,10H2,1H3. The van der Waals surface area contributed by atoms with E-state index in [2.05, 4.69) is 5.10 Å². The first-order valence-electron chi connectivity index (χ1n) is 7.37. The predicted octanol–water partition coefficient (Wildman–Crippen LogP) is 2.88. The molecule has 0 spiro atoms. The molecule has 1 aliphatic heterocycles. The summed E-state index contributed by atoms with van der Waals surface area (Å²) in [5, 5.41) is 3.52. The van der Waals surface area contributed by atoms with Crippen LogP contribution in [0, 0.1) is 0 Å². The van der Waals surface area contributed by atoms with Crippen molar-refractivity contribution in [2.24, 2.45) is 0 Å². The molecule has 1 aliphatic rings. The number of nitrogens with zero attached hydrogens (tertiary/aromatic N) is 3. The summed E-state index contributed by atoms with van der Waals surface area (Å²) in [5.74, 6) is 0.353. The van der Waals surface area contributed by atoms with Crippen LogP contribution >= 0.6 is 0 Å². The van der Waals surface area contributed by atoms with E-state index in [1.807, 2.05) is 18.2 Å². The zero-order valence-electron chi connectivity index (χ0n) is 12.7. The maximum Gasteiger partial charge on any atom is 0.333 e. The van der Waals surface area contributed by atoms with Crippen LogP contribution in [-0.2, 0) is 13.0 Å². The molecule has 0 unspecified atom stereocenters. The maximum atomic E-state index is 12.9. The first-order chi connectivity index (χ1) is 11.1. The average molecular weight is 321 g/mol. The van der Waals surface area contributed by atoms with E-state index < -0.39 is 12.5 Å². The van der Waals surface area contributed by atoms with Gasteiger partial charge in [0.05, 0.1) is 7.11 Å². The highest BCUT2D eigenvalue weighted by atomic mass is 19.3. The zero-order chi connectivity index (χ0) is 16.4. The molecule has 0 bridgehead atoms. The number of alkyl halides is 2. The van der Waals surface area contributed by atoms with Gasteiger partial charge in [-0.15, -0.1) is 0 Å². The van der Waals surface area contributed by atoms with Gasteiger partial charge in [-0.3, -0.25) is 4.79 Å². The minimum atomic E-state index is -2.83. The van der Waals surface area contributed by atoms with E-state index in [0.29, 0.717) is 17.8 Å². The predicted molar refractivity (Wildman–Crippen MR) is 79.5 cm³/mol. The van der Waals surface area contributed by atoms with E-state index in [1.165, 1.54) is 12.3 Å². The maximum absolute atomic E-state index is 12.9. The molecule has 0 fully saturated rings. The number of hydrogen-bond donors (Lipinski definition) is 0. The summed E-state index contributed by atoms with van der Waals surface area (Å²) in [6.07, 6.45) is 2.81. The summed E-state index contributed by atoms with van der Waals surface area (Å²) in [4.78, 5) is 14.2. The first kappa shape index (κ1) is 15.5. The van der Waals surface area contributed by atoms with Gasteiger partial charge >= 0.3 is 6.55 Å². The van der Waals surface area contributed by atoms with Gasteiger partial charge in [-0.2, -0.15) is 18.6 Å². The average Bonchev–Trinajstić information content (AvgIpc) is 2.94. The second kappa shape index (κ2) is 6.36. The molecule has 0 radical (unpaired) electrons. The summed E-state index contributed by atoms with van der Waals surface area (Å²) >= 11 is 0. The second-order valence-corrected chi connectivity index (χ2v) is 5.40. The Bertz CT molecular complexity index is 715. The Labute approximate surface area is 132 Å². The van der Waals surface area contributed by atoms with Gasteiger partial charge in [-0.1, -0.05) is 6.07 Å². The molecule has 2 heterocycles. The van der Waals surface area contributed by atoms with E-state index in [4.69, 9.17) is 4.74 Å². The molecule has 0 atom stereocenters. The highest BCUT2D eigenvalue weighted by Crippen LogP contribution is 2.25. The van der Waals surface area contributed by atoms with E-state index in [-0.39, 0.29) is 5.69 Å². The number of carbonyl (C=O) groups is 1. The van der Waals surface area contributed by atoms with E-state index in [9.17, 15) is 13.6 Å². The minimum absolute atomic E-state index is 0.0861. The lowest BCUT2D eigenvalue weighted by Crippen LogP contribution is -2.32. The molecule has 0 N–H and O–H groups in total. The van der Waals surface area contributed by atoms with E-state index in [1.54, 1.807) is 12.0 Å². The Balaban J connectivity index is 1.86. The number of ether oxygens (including phenoxy) is 1. The van der Waals surface area contributed by atoms with Crippen LogP contribution < -0.4 is 4.74 Å². The number of carbonyl (C=O) groups excluding carboxylic acids is 1. The molecule has 23 heavy (non-hydrogen) atoms. The van der Waals surface area contributed by atoms with Crippen molar-refractivity contribution in [1.82, 2.24) is 14.7 Å². The van der Waals surface area contributed by atoms with Crippen molar-refractivity contribution in [3.63, 3.8) is 0 Å². The molecule has 7 heteroatoms. The number of benzene rings is 1. The van der Waals surface area contributed by atoms with Crippen LogP contribution in [0.2, 0.25) is 0 Å². The van der Waals surface area contributed by atoms with Crippen molar-refractivity contribution in [2.45, 2.75) is 25.9 Å². The van der Waals surface area contributed by atoms with Gasteiger partial charge in [0.1, 0.15) is 11.4 Å². The van der Waals surface area contributed by atoms with Gasteiger partial charge in [0.25, 0.3) is 5.91 Å².